The van der Waals surface area contributed by atoms with Crippen molar-refractivity contribution in [3.8, 4) is 0 Å². The first kappa shape index (κ1) is 18.0. The highest BCUT2D eigenvalue weighted by atomic mass is 16.2. The minimum atomic E-state index is 0.0916. The third-order valence-electron chi connectivity index (χ3n) is 5.89. The zero-order valence-electron chi connectivity index (χ0n) is 16.2. The molecule has 5 nitrogen and oxygen atoms in total. The molecule has 1 N–H and O–H groups in total. The summed E-state index contributed by atoms with van der Waals surface area (Å²) in [5, 5.41) is 0. The molecule has 142 valence electrons. The number of hydrogen-bond acceptors (Lipinski definition) is 2. The van der Waals surface area contributed by atoms with E-state index < -0.39 is 0 Å². The minimum Gasteiger partial charge on any atom is -0.345 e. The van der Waals surface area contributed by atoms with Crippen LogP contribution >= 0.6 is 0 Å². The van der Waals surface area contributed by atoms with Gasteiger partial charge in [-0.2, -0.15) is 0 Å². The fourth-order valence-electron chi connectivity index (χ4n) is 4.24. The van der Waals surface area contributed by atoms with Crippen LogP contribution in [0.15, 0.2) is 36.4 Å². The summed E-state index contributed by atoms with van der Waals surface area (Å²) in [6, 6.07) is 12.1. The average Bonchev–Trinajstić information content (AvgIpc) is 3.47. The van der Waals surface area contributed by atoms with Crippen molar-refractivity contribution < 1.29 is 14.5 Å². The van der Waals surface area contributed by atoms with Crippen molar-refractivity contribution in [1.82, 2.24) is 9.47 Å². The van der Waals surface area contributed by atoms with Gasteiger partial charge in [0.25, 0.3) is 5.91 Å². The number of ketones is 1. The van der Waals surface area contributed by atoms with Gasteiger partial charge in [0, 0.05) is 28.6 Å². The van der Waals surface area contributed by atoms with Crippen molar-refractivity contribution in [2.75, 3.05) is 32.7 Å². The zero-order chi connectivity index (χ0) is 19.0. The first-order valence-corrected chi connectivity index (χ1v) is 9.94. The van der Waals surface area contributed by atoms with E-state index in [1.54, 1.807) is 0 Å². The van der Waals surface area contributed by atoms with Crippen LogP contribution in [0.25, 0.3) is 0 Å². The average molecular weight is 366 g/mol. The van der Waals surface area contributed by atoms with Gasteiger partial charge in [0.1, 0.15) is 6.54 Å². The van der Waals surface area contributed by atoms with Crippen molar-refractivity contribution in [3.63, 3.8) is 0 Å². The van der Waals surface area contributed by atoms with Gasteiger partial charge in [-0.25, -0.2) is 0 Å². The van der Waals surface area contributed by atoms with Gasteiger partial charge in [-0.05, 0) is 44.9 Å². The maximum absolute atomic E-state index is 12.9. The Balaban J connectivity index is 1.35. The summed E-state index contributed by atoms with van der Waals surface area (Å²) in [7, 11) is 0. The number of rotatable bonds is 5. The number of aryl methyl sites for hydroxylation is 1. The molecule has 0 unspecified atom stereocenters. The first-order valence-electron chi connectivity index (χ1n) is 9.94. The maximum Gasteiger partial charge on any atom is 0.254 e. The summed E-state index contributed by atoms with van der Waals surface area (Å²) < 4.78 is 2.33. The number of amides is 1. The molecule has 1 aromatic carbocycles. The molecule has 2 fully saturated rings. The summed E-state index contributed by atoms with van der Waals surface area (Å²) in [5.74, 6) is 0.321. The molecule has 1 aliphatic heterocycles. The lowest BCUT2D eigenvalue weighted by atomic mass is 10.1. The Morgan fingerprint density at radius 3 is 2.37 bits per heavy atom. The SMILES string of the molecule is Cc1cc(C(=O)C[NH+]2CCN(C(=O)c3ccccc3)CC2)c(C)n1C1CC1. The molecule has 2 aliphatic rings. The summed E-state index contributed by atoms with van der Waals surface area (Å²) in [6.07, 6.45) is 2.46. The molecule has 1 saturated carbocycles. The predicted molar refractivity (Wildman–Crippen MR) is 104 cm³/mol. The Kier molecular flexibility index (Phi) is 4.87. The van der Waals surface area contributed by atoms with E-state index in [2.05, 4.69) is 24.5 Å². The Hall–Kier alpha value is -2.40. The van der Waals surface area contributed by atoms with Crippen molar-refractivity contribution in [1.29, 1.82) is 0 Å². The molecular formula is C22H28N3O2+. The monoisotopic (exact) mass is 366 g/mol. The second-order valence-electron chi connectivity index (χ2n) is 7.89. The molecule has 2 aromatic rings. The Morgan fingerprint density at radius 1 is 1.07 bits per heavy atom. The van der Waals surface area contributed by atoms with E-state index in [-0.39, 0.29) is 11.7 Å². The normalized spacial score (nSPS) is 17.9. The van der Waals surface area contributed by atoms with Crippen molar-refractivity contribution >= 4 is 11.7 Å². The Bertz CT molecular complexity index is 844. The lowest BCUT2D eigenvalue weighted by Gasteiger charge is -2.32. The number of piperazine rings is 1. The van der Waals surface area contributed by atoms with Gasteiger partial charge in [0.05, 0.1) is 26.2 Å². The van der Waals surface area contributed by atoms with Crippen molar-refractivity contribution in [2.24, 2.45) is 0 Å². The molecule has 2 heterocycles. The van der Waals surface area contributed by atoms with E-state index in [1.807, 2.05) is 35.2 Å². The van der Waals surface area contributed by atoms with Gasteiger partial charge in [-0.3, -0.25) is 9.59 Å². The Labute approximate surface area is 160 Å². The lowest BCUT2D eigenvalue weighted by Crippen LogP contribution is -3.15. The van der Waals surface area contributed by atoms with Crippen molar-refractivity contribution in [2.45, 2.75) is 32.7 Å². The highest BCUT2D eigenvalue weighted by Gasteiger charge is 2.30. The molecule has 0 radical (unpaired) electrons. The van der Waals surface area contributed by atoms with Gasteiger partial charge in [0.15, 0.2) is 0 Å². The number of carbonyl (C=O) groups excluding carboxylic acids is 2. The van der Waals surface area contributed by atoms with Crippen LogP contribution in [0.3, 0.4) is 0 Å². The number of hydrogen-bond donors (Lipinski definition) is 1. The first-order chi connectivity index (χ1) is 13.0. The van der Waals surface area contributed by atoms with Gasteiger partial charge >= 0.3 is 0 Å². The highest BCUT2D eigenvalue weighted by Crippen LogP contribution is 2.38. The molecule has 1 amide bonds. The molecule has 5 heteroatoms. The number of nitrogens with one attached hydrogen (secondary N) is 1. The molecule has 0 bridgehead atoms. The number of Topliss-reactive ketones (excluding diaryl/α,β-unsaturated/α-hetero) is 1. The lowest BCUT2D eigenvalue weighted by molar-refractivity contribution is -0.895. The fraction of sp³-hybridized carbons (Fsp3) is 0.455. The molecular weight excluding hydrogens is 338 g/mol. The molecule has 1 aromatic heterocycles. The minimum absolute atomic E-state index is 0.0916. The summed E-state index contributed by atoms with van der Waals surface area (Å²) in [4.78, 5) is 28.6. The van der Waals surface area contributed by atoms with Crippen LogP contribution in [0.4, 0.5) is 0 Å². The fourth-order valence-corrected chi connectivity index (χ4v) is 4.24. The zero-order valence-corrected chi connectivity index (χ0v) is 16.2. The molecule has 0 spiro atoms. The van der Waals surface area contributed by atoms with E-state index in [4.69, 9.17) is 0 Å². The van der Waals surface area contributed by atoms with Gasteiger partial charge in [-0.1, -0.05) is 18.2 Å². The second-order valence-corrected chi connectivity index (χ2v) is 7.89. The standard InChI is InChI=1S/C22H27N3O2/c1-16-14-20(17(2)25(16)19-8-9-19)21(26)15-23-10-12-24(13-11-23)22(27)18-6-4-3-5-7-18/h3-7,14,19H,8-13,15H2,1-2H3/p+1. The van der Waals surface area contributed by atoms with E-state index in [0.29, 0.717) is 25.7 Å². The summed E-state index contributed by atoms with van der Waals surface area (Å²) in [5.41, 5.74) is 3.95. The number of aromatic nitrogens is 1. The smallest absolute Gasteiger partial charge is 0.254 e. The predicted octanol–water partition coefficient (Wildman–Crippen LogP) is 1.66. The Morgan fingerprint density at radius 2 is 1.74 bits per heavy atom. The molecule has 1 saturated heterocycles. The van der Waals surface area contributed by atoms with Gasteiger partial charge in [0.2, 0.25) is 5.78 Å². The van der Waals surface area contributed by atoms with Crippen LogP contribution in [0, 0.1) is 13.8 Å². The van der Waals surface area contributed by atoms with E-state index in [9.17, 15) is 9.59 Å². The largest absolute Gasteiger partial charge is 0.345 e. The van der Waals surface area contributed by atoms with E-state index in [0.717, 1.165) is 29.9 Å². The summed E-state index contributed by atoms with van der Waals surface area (Å²) >= 11 is 0. The highest BCUT2D eigenvalue weighted by molar-refractivity contribution is 5.98. The van der Waals surface area contributed by atoms with Gasteiger partial charge < -0.3 is 14.4 Å². The molecule has 1 aliphatic carbocycles. The topological polar surface area (TPSA) is 46.8 Å². The van der Waals surface area contributed by atoms with E-state index >= 15 is 0 Å². The van der Waals surface area contributed by atoms with Gasteiger partial charge in [-0.15, -0.1) is 0 Å². The van der Waals surface area contributed by atoms with Crippen molar-refractivity contribution in [3.05, 3.63) is 58.9 Å². The second kappa shape index (κ2) is 7.31. The third kappa shape index (κ3) is 3.69. The number of nitrogens with zero attached hydrogens (tertiary/aromatic N) is 2. The quantitative estimate of drug-likeness (QED) is 0.818. The van der Waals surface area contributed by atoms with Crippen LogP contribution in [0.5, 0.6) is 0 Å². The maximum atomic E-state index is 12.9. The third-order valence-corrected chi connectivity index (χ3v) is 5.89. The van der Waals surface area contributed by atoms with E-state index in [1.165, 1.54) is 23.4 Å². The van der Waals surface area contributed by atoms with Crippen LogP contribution < -0.4 is 4.90 Å². The number of benzene rings is 1. The number of quaternary nitrogens is 1. The summed E-state index contributed by atoms with van der Waals surface area (Å²) in [6.45, 7) is 7.75. The molecule has 4 rings (SSSR count). The molecule has 0 atom stereocenters. The van der Waals surface area contributed by atoms with Crippen LogP contribution in [-0.2, 0) is 0 Å². The number of carbonyl (C=O) groups is 2. The van der Waals surface area contributed by atoms with Crippen LogP contribution in [0.2, 0.25) is 0 Å². The molecule has 27 heavy (non-hydrogen) atoms. The van der Waals surface area contributed by atoms with Crippen LogP contribution in [0.1, 0.15) is 51.0 Å². The van der Waals surface area contributed by atoms with Crippen LogP contribution in [-0.4, -0.2) is 53.9 Å².